The molecule has 0 aromatic carbocycles. The molecule has 2 nitrogen and oxygen atoms in total. The van der Waals surface area contributed by atoms with Crippen molar-refractivity contribution in [2.45, 2.75) is 31.7 Å². The van der Waals surface area contributed by atoms with E-state index in [1.54, 1.807) is 0 Å². The van der Waals surface area contributed by atoms with E-state index in [2.05, 4.69) is 4.74 Å². The summed E-state index contributed by atoms with van der Waals surface area (Å²) >= 11 is 0. The van der Waals surface area contributed by atoms with Crippen molar-refractivity contribution in [3.8, 4) is 0 Å². The van der Waals surface area contributed by atoms with Crippen molar-refractivity contribution in [2.24, 2.45) is 0 Å². The van der Waals surface area contributed by atoms with Gasteiger partial charge in [-0.3, -0.25) is 4.74 Å². The highest BCUT2D eigenvalue weighted by atomic mass is 19.4. The molecule has 1 aliphatic rings. The molecule has 0 aliphatic heterocycles. The zero-order valence-electron chi connectivity index (χ0n) is 6.56. The lowest BCUT2D eigenvalue weighted by atomic mass is 9.96. The zero-order valence-corrected chi connectivity index (χ0v) is 6.56. The Bertz CT molecular complexity index is 131. The Balaban J connectivity index is 1.88. The van der Waals surface area contributed by atoms with Gasteiger partial charge in [-0.2, -0.15) is 0 Å². The summed E-state index contributed by atoms with van der Waals surface area (Å²) in [6.45, 7) is -0.371. The number of hydrogen-bond acceptors (Lipinski definition) is 2. The van der Waals surface area contributed by atoms with E-state index in [1.165, 1.54) is 0 Å². The fraction of sp³-hybridized carbons (Fsp3) is 1.00. The first-order valence-electron chi connectivity index (χ1n) is 3.90. The first-order chi connectivity index (χ1) is 5.58. The van der Waals surface area contributed by atoms with Gasteiger partial charge in [-0.05, 0) is 19.3 Å². The minimum atomic E-state index is -4.52. The molecule has 0 saturated heterocycles. The second-order valence-electron chi connectivity index (χ2n) is 2.72. The molecule has 5 heteroatoms. The molecule has 0 aromatic heterocycles. The zero-order chi connectivity index (χ0) is 9.03. The van der Waals surface area contributed by atoms with E-state index in [4.69, 9.17) is 4.74 Å². The molecule has 12 heavy (non-hydrogen) atoms. The number of halogens is 3. The van der Waals surface area contributed by atoms with Gasteiger partial charge in [-0.15, -0.1) is 13.2 Å². The van der Waals surface area contributed by atoms with E-state index in [9.17, 15) is 13.2 Å². The van der Waals surface area contributed by atoms with Crippen molar-refractivity contribution >= 4 is 0 Å². The van der Waals surface area contributed by atoms with Crippen molar-refractivity contribution in [3.63, 3.8) is 0 Å². The predicted octanol–water partition coefficient (Wildman–Crippen LogP) is 2.09. The minimum Gasteiger partial charge on any atom is -0.376 e. The van der Waals surface area contributed by atoms with Crippen LogP contribution in [0.4, 0.5) is 13.2 Å². The summed E-state index contributed by atoms with van der Waals surface area (Å²) in [4.78, 5) is 0. The molecule has 0 unspecified atom stereocenters. The molecule has 0 heterocycles. The van der Waals surface area contributed by atoms with E-state index < -0.39 is 13.0 Å². The number of rotatable bonds is 4. The molecule has 0 N–H and O–H groups in total. The van der Waals surface area contributed by atoms with Crippen molar-refractivity contribution in [2.75, 3.05) is 13.2 Å². The highest BCUT2D eigenvalue weighted by molar-refractivity contribution is 4.68. The maximum atomic E-state index is 11.4. The first-order valence-corrected chi connectivity index (χ1v) is 3.90. The lowest BCUT2D eigenvalue weighted by molar-refractivity contribution is -0.327. The van der Waals surface area contributed by atoms with Crippen molar-refractivity contribution in [1.82, 2.24) is 0 Å². The smallest absolute Gasteiger partial charge is 0.376 e. The average Bonchev–Trinajstić information content (AvgIpc) is 1.80. The van der Waals surface area contributed by atoms with Crippen LogP contribution in [0.2, 0.25) is 0 Å². The van der Waals surface area contributed by atoms with Gasteiger partial charge in [-0.25, -0.2) is 0 Å². The summed E-state index contributed by atoms with van der Waals surface area (Å²) in [6.07, 6.45) is -1.31. The Kier molecular flexibility index (Phi) is 3.34. The van der Waals surface area contributed by atoms with Gasteiger partial charge in [0, 0.05) is 0 Å². The average molecular weight is 184 g/mol. The van der Waals surface area contributed by atoms with Crippen LogP contribution in [0.5, 0.6) is 0 Å². The van der Waals surface area contributed by atoms with Gasteiger partial charge in [0.1, 0.15) is 0 Å². The summed E-state index contributed by atoms with van der Waals surface area (Å²) in [5.74, 6) is 0. The SMILES string of the molecule is FC(F)(F)OCCOC1CCC1. The van der Waals surface area contributed by atoms with Crippen LogP contribution in [-0.2, 0) is 9.47 Å². The van der Waals surface area contributed by atoms with Crippen LogP contribution in [0.15, 0.2) is 0 Å². The van der Waals surface area contributed by atoms with Crippen LogP contribution < -0.4 is 0 Å². The molecule has 0 radical (unpaired) electrons. The van der Waals surface area contributed by atoms with Crippen molar-refractivity contribution in [1.29, 1.82) is 0 Å². The molecule has 0 bridgehead atoms. The molecular weight excluding hydrogens is 173 g/mol. The third-order valence-corrected chi connectivity index (χ3v) is 1.75. The standard InChI is InChI=1S/C7H11F3O2/c8-7(9,10)12-5-4-11-6-2-1-3-6/h6H,1-5H2. The maximum absolute atomic E-state index is 11.4. The van der Waals surface area contributed by atoms with Crippen LogP contribution in [0.3, 0.4) is 0 Å². The molecule has 0 amide bonds. The number of alkyl halides is 3. The monoisotopic (exact) mass is 184 g/mol. The summed E-state index contributed by atoms with van der Waals surface area (Å²) in [7, 11) is 0. The molecule has 1 saturated carbocycles. The minimum absolute atomic E-state index is 0.0319. The largest absolute Gasteiger partial charge is 0.522 e. The van der Waals surface area contributed by atoms with Crippen LogP contribution in [0.1, 0.15) is 19.3 Å². The second kappa shape index (κ2) is 4.09. The Labute approximate surface area is 68.6 Å². The summed E-state index contributed by atoms with van der Waals surface area (Å²) in [5, 5.41) is 0. The topological polar surface area (TPSA) is 18.5 Å². The van der Waals surface area contributed by atoms with Gasteiger partial charge in [-0.1, -0.05) is 0 Å². The Hall–Kier alpha value is -0.290. The van der Waals surface area contributed by atoms with Gasteiger partial charge in [0.2, 0.25) is 0 Å². The van der Waals surface area contributed by atoms with Gasteiger partial charge in [0.05, 0.1) is 19.3 Å². The maximum Gasteiger partial charge on any atom is 0.522 e. The van der Waals surface area contributed by atoms with Crippen LogP contribution in [0.25, 0.3) is 0 Å². The van der Waals surface area contributed by atoms with Crippen LogP contribution in [-0.4, -0.2) is 25.7 Å². The number of hydrogen-bond donors (Lipinski definition) is 0. The molecule has 1 fully saturated rings. The molecule has 1 aliphatic carbocycles. The fourth-order valence-electron chi connectivity index (χ4n) is 0.910. The van der Waals surface area contributed by atoms with Gasteiger partial charge in [0.25, 0.3) is 0 Å². The molecule has 72 valence electrons. The molecule has 0 spiro atoms. The molecule has 0 atom stereocenters. The van der Waals surface area contributed by atoms with Crippen molar-refractivity contribution < 1.29 is 22.6 Å². The van der Waals surface area contributed by atoms with Gasteiger partial charge in [0.15, 0.2) is 0 Å². The summed E-state index contributed by atoms with van der Waals surface area (Å²) in [6, 6.07) is 0. The van der Waals surface area contributed by atoms with E-state index >= 15 is 0 Å². The molecule has 1 rings (SSSR count). The third kappa shape index (κ3) is 3.92. The summed E-state index contributed by atoms with van der Waals surface area (Å²) in [5.41, 5.74) is 0. The summed E-state index contributed by atoms with van der Waals surface area (Å²) < 4.78 is 42.8. The van der Waals surface area contributed by atoms with Crippen molar-refractivity contribution in [3.05, 3.63) is 0 Å². The molecule has 0 aromatic rings. The number of ether oxygens (including phenoxy) is 2. The lowest BCUT2D eigenvalue weighted by Gasteiger charge is -2.25. The highest BCUT2D eigenvalue weighted by Gasteiger charge is 2.28. The first kappa shape index (κ1) is 9.80. The van der Waals surface area contributed by atoms with Gasteiger partial charge >= 0.3 is 6.36 Å². The Morgan fingerprint density at radius 2 is 1.83 bits per heavy atom. The van der Waals surface area contributed by atoms with E-state index in [0.29, 0.717) is 0 Å². The van der Waals surface area contributed by atoms with E-state index in [0.717, 1.165) is 19.3 Å². The predicted molar refractivity (Wildman–Crippen MR) is 35.6 cm³/mol. The normalized spacial score (nSPS) is 19.2. The van der Waals surface area contributed by atoms with Crippen LogP contribution in [0, 0.1) is 0 Å². The van der Waals surface area contributed by atoms with E-state index in [1.807, 2.05) is 0 Å². The quantitative estimate of drug-likeness (QED) is 0.623. The second-order valence-corrected chi connectivity index (χ2v) is 2.72. The fourth-order valence-corrected chi connectivity index (χ4v) is 0.910. The Morgan fingerprint density at radius 1 is 1.17 bits per heavy atom. The van der Waals surface area contributed by atoms with E-state index in [-0.39, 0.29) is 12.7 Å². The highest BCUT2D eigenvalue weighted by Crippen LogP contribution is 2.22. The Morgan fingerprint density at radius 3 is 2.25 bits per heavy atom. The molecular formula is C7H11F3O2. The van der Waals surface area contributed by atoms with Gasteiger partial charge < -0.3 is 4.74 Å². The third-order valence-electron chi connectivity index (χ3n) is 1.75. The van der Waals surface area contributed by atoms with Crippen LogP contribution >= 0.6 is 0 Å². The lowest BCUT2D eigenvalue weighted by Crippen LogP contribution is -2.25.